The van der Waals surface area contributed by atoms with Gasteiger partial charge in [0.1, 0.15) is 5.82 Å². The van der Waals surface area contributed by atoms with Crippen molar-refractivity contribution >= 4 is 5.91 Å². The molecule has 2 atom stereocenters. The Morgan fingerprint density at radius 2 is 2.22 bits per heavy atom. The van der Waals surface area contributed by atoms with Crippen molar-refractivity contribution in [1.29, 1.82) is 0 Å². The Morgan fingerprint density at radius 1 is 1.39 bits per heavy atom. The minimum atomic E-state index is -0.0503. The topological polar surface area (TPSA) is 76.0 Å². The first-order chi connectivity index (χ1) is 11.0. The number of ether oxygens (including phenoxy) is 1. The number of fused-ring (bicyclic) bond motifs is 2. The predicted molar refractivity (Wildman–Crippen MR) is 83.0 cm³/mol. The Labute approximate surface area is 134 Å². The van der Waals surface area contributed by atoms with Crippen LogP contribution >= 0.6 is 0 Å². The van der Waals surface area contributed by atoms with Crippen LogP contribution in [0.25, 0.3) is 0 Å². The first-order valence-corrected chi connectivity index (χ1v) is 8.07. The summed E-state index contributed by atoms with van der Waals surface area (Å²) in [6, 6.07) is 0. The summed E-state index contributed by atoms with van der Waals surface area (Å²) in [5.41, 5.74) is 3.62. The molecular formula is C16H21N5O2. The molecule has 7 nitrogen and oxygen atoms in total. The van der Waals surface area contributed by atoms with Crippen molar-refractivity contribution < 1.29 is 9.53 Å². The van der Waals surface area contributed by atoms with Crippen molar-refractivity contribution in [3.05, 3.63) is 34.7 Å². The van der Waals surface area contributed by atoms with Crippen molar-refractivity contribution in [2.24, 2.45) is 0 Å². The minimum Gasteiger partial charge on any atom is -0.369 e. The summed E-state index contributed by atoms with van der Waals surface area (Å²) < 4.78 is 7.96. The number of aromatic nitrogens is 4. The van der Waals surface area contributed by atoms with Gasteiger partial charge in [0.15, 0.2) is 5.69 Å². The summed E-state index contributed by atoms with van der Waals surface area (Å²) in [5, 5.41) is 7.29. The average Bonchev–Trinajstić information content (AvgIpc) is 3.10. The second-order valence-electron chi connectivity index (χ2n) is 6.45. The van der Waals surface area contributed by atoms with Crippen molar-refractivity contribution in [2.75, 3.05) is 6.54 Å². The molecule has 23 heavy (non-hydrogen) atoms. The van der Waals surface area contributed by atoms with Gasteiger partial charge in [-0.05, 0) is 20.8 Å². The molecule has 122 valence electrons. The molecule has 0 saturated carbocycles. The molecule has 0 aromatic carbocycles. The van der Waals surface area contributed by atoms with Crippen LogP contribution in [0.5, 0.6) is 0 Å². The first-order valence-electron chi connectivity index (χ1n) is 8.07. The van der Waals surface area contributed by atoms with Gasteiger partial charge in [-0.25, -0.2) is 4.98 Å². The summed E-state index contributed by atoms with van der Waals surface area (Å²) in [6.45, 7) is 8.07. The van der Waals surface area contributed by atoms with Gasteiger partial charge in [0.2, 0.25) is 0 Å². The Hall–Kier alpha value is -2.15. The highest BCUT2D eigenvalue weighted by atomic mass is 16.5. The maximum absolute atomic E-state index is 12.9. The standard InChI is InChI=1S/C16H21N5O2/c1-9-7-17-13-8-20(4-5-21(9)13)16(22)15-12-6-10(2)23-11(3)14(12)18-19-15/h7,10-11H,4-6,8H2,1-3H3,(H,18,19)/t10-,11+/m1/s1. The second kappa shape index (κ2) is 5.19. The van der Waals surface area contributed by atoms with Crippen molar-refractivity contribution in [2.45, 2.75) is 52.5 Å². The highest BCUT2D eigenvalue weighted by Gasteiger charge is 2.32. The fourth-order valence-corrected chi connectivity index (χ4v) is 3.59. The molecule has 0 bridgehead atoms. The molecule has 0 spiro atoms. The lowest BCUT2D eigenvalue weighted by molar-refractivity contribution is -0.00703. The molecule has 2 aromatic heterocycles. The number of hydrogen-bond donors (Lipinski definition) is 1. The Bertz CT molecular complexity index is 763. The number of H-pyrrole nitrogens is 1. The molecule has 0 aliphatic carbocycles. The molecule has 0 saturated heterocycles. The summed E-state index contributed by atoms with van der Waals surface area (Å²) in [5.74, 6) is 0.923. The highest BCUT2D eigenvalue weighted by molar-refractivity contribution is 5.94. The van der Waals surface area contributed by atoms with Crippen LogP contribution in [0.1, 0.15) is 53.2 Å². The van der Waals surface area contributed by atoms with Crippen LogP contribution in [0.2, 0.25) is 0 Å². The van der Waals surface area contributed by atoms with Crippen molar-refractivity contribution in [3.63, 3.8) is 0 Å². The molecule has 2 aliphatic heterocycles. The number of rotatable bonds is 1. The fraction of sp³-hybridized carbons (Fsp3) is 0.562. The maximum Gasteiger partial charge on any atom is 0.275 e. The number of nitrogens with zero attached hydrogens (tertiary/aromatic N) is 4. The Kier molecular flexibility index (Phi) is 3.26. The molecule has 2 aliphatic rings. The minimum absolute atomic E-state index is 0.0179. The van der Waals surface area contributed by atoms with Crippen LogP contribution in [0.3, 0.4) is 0 Å². The van der Waals surface area contributed by atoms with Gasteiger partial charge in [-0.1, -0.05) is 0 Å². The van der Waals surface area contributed by atoms with Gasteiger partial charge in [0, 0.05) is 37.0 Å². The molecule has 1 amide bonds. The monoisotopic (exact) mass is 315 g/mol. The maximum atomic E-state index is 12.9. The van der Waals surface area contributed by atoms with Gasteiger partial charge in [-0.2, -0.15) is 5.10 Å². The highest BCUT2D eigenvalue weighted by Crippen LogP contribution is 2.31. The lowest BCUT2D eigenvalue weighted by Gasteiger charge is -2.29. The average molecular weight is 315 g/mol. The number of aromatic amines is 1. The normalized spacial score (nSPS) is 23.5. The quantitative estimate of drug-likeness (QED) is 0.867. The zero-order valence-corrected chi connectivity index (χ0v) is 13.7. The van der Waals surface area contributed by atoms with Crippen molar-refractivity contribution in [1.82, 2.24) is 24.6 Å². The number of carbonyl (C=O) groups excluding carboxylic acids is 1. The number of imidazole rings is 1. The van der Waals surface area contributed by atoms with E-state index in [-0.39, 0.29) is 18.1 Å². The van der Waals surface area contributed by atoms with Crippen LogP contribution < -0.4 is 0 Å². The number of carbonyl (C=O) groups is 1. The molecule has 0 radical (unpaired) electrons. The molecular weight excluding hydrogens is 294 g/mol. The molecule has 1 N–H and O–H groups in total. The zero-order chi connectivity index (χ0) is 16.1. The smallest absolute Gasteiger partial charge is 0.275 e. The summed E-state index contributed by atoms with van der Waals surface area (Å²) >= 11 is 0. The van der Waals surface area contributed by atoms with E-state index < -0.39 is 0 Å². The van der Waals surface area contributed by atoms with Gasteiger partial charge in [-0.15, -0.1) is 0 Å². The lowest BCUT2D eigenvalue weighted by Crippen LogP contribution is -2.39. The summed E-state index contributed by atoms with van der Waals surface area (Å²) in [7, 11) is 0. The fourth-order valence-electron chi connectivity index (χ4n) is 3.59. The number of amides is 1. The second-order valence-corrected chi connectivity index (χ2v) is 6.45. The van der Waals surface area contributed by atoms with E-state index in [1.165, 1.54) is 0 Å². The summed E-state index contributed by atoms with van der Waals surface area (Å²) in [4.78, 5) is 19.2. The molecule has 2 aromatic rings. The molecule has 0 fully saturated rings. The van der Waals surface area contributed by atoms with Gasteiger partial charge in [-0.3, -0.25) is 9.89 Å². The lowest BCUT2D eigenvalue weighted by atomic mass is 9.99. The number of nitrogens with one attached hydrogen (secondary N) is 1. The molecule has 7 heteroatoms. The summed E-state index contributed by atoms with van der Waals surface area (Å²) in [6.07, 6.45) is 2.63. The third kappa shape index (κ3) is 2.26. The third-order valence-corrected chi connectivity index (χ3v) is 4.79. The van der Waals surface area contributed by atoms with E-state index in [1.807, 2.05) is 31.9 Å². The van der Waals surface area contributed by atoms with Crippen molar-refractivity contribution in [3.8, 4) is 0 Å². The van der Waals surface area contributed by atoms with E-state index >= 15 is 0 Å². The van der Waals surface area contributed by atoms with Gasteiger partial charge >= 0.3 is 0 Å². The van der Waals surface area contributed by atoms with E-state index in [1.54, 1.807) is 0 Å². The van der Waals surface area contributed by atoms with E-state index in [4.69, 9.17) is 4.74 Å². The van der Waals surface area contributed by atoms with Gasteiger partial charge in [0.05, 0.1) is 24.4 Å². The van der Waals surface area contributed by atoms with Gasteiger partial charge in [0.25, 0.3) is 5.91 Å². The van der Waals surface area contributed by atoms with Crippen LogP contribution in [0, 0.1) is 6.92 Å². The first kappa shape index (κ1) is 14.4. The predicted octanol–water partition coefficient (Wildman–Crippen LogP) is 1.59. The SMILES string of the molecule is Cc1cnc2n1CCN(C(=O)c1n[nH]c3c1C[C@@H](C)O[C@H]3C)C2. The van der Waals surface area contributed by atoms with E-state index in [0.717, 1.165) is 35.7 Å². The van der Waals surface area contributed by atoms with Crippen LogP contribution in [0.4, 0.5) is 0 Å². The number of hydrogen-bond acceptors (Lipinski definition) is 4. The molecule has 4 rings (SSSR count). The van der Waals surface area contributed by atoms with Crippen LogP contribution in [-0.2, 0) is 24.2 Å². The van der Waals surface area contributed by atoms with Crippen LogP contribution in [-0.4, -0.2) is 43.2 Å². The molecule has 4 heterocycles. The van der Waals surface area contributed by atoms with E-state index in [0.29, 0.717) is 18.8 Å². The Morgan fingerprint density at radius 3 is 3.04 bits per heavy atom. The largest absolute Gasteiger partial charge is 0.369 e. The van der Waals surface area contributed by atoms with Gasteiger partial charge < -0.3 is 14.2 Å². The van der Waals surface area contributed by atoms with Crippen LogP contribution in [0.15, 0.2) is 6.20 Å². The molecule has 0 unspecified atom stereocenters. The number of aryl methyl sites for hydroxylation is 1. The third-order valence-electron chi connectivity index (χ3n) is 4.79. The van der Waals surface area contributed by atoms with E-state index in [2.05, 4.69) is 19.7 Å². The zero-order valence-electron chi connectivity index (χ0n) is 13.7. The van der Waals surface area contributed by atoms with E-state index in [9.17, 15) is 4.79 Å². The Balaban J connectivity index is 1.61.